The van der Waals surface area contributed by atoms with E-state index in [1.54, 1.807) is 26.0 Å². The van der Waals surface area contributed by atoms with Crippen molar-refractivity contribution >= 4 is 40.6 Å². The molecule has 2 bridgehead atoms. The number of carbonyl (C=O) groups excluding carboxylic acids is 2. The highest BCUT2D eigenvalue weighted by Gasteiger charge is 2.69. The van der Waals surface area contributed by atoms with E-state index in [4.69, 9.17) is 9.47 Å². The van der Waals surface area contributed by atoms with Gasteiger partial charge >= 0.3 is 4.87 Å². The SMILES string of the molecule is COc1ccc([C@@H]2c3sc(=O)[nH]c3S[C@H]3[C@@H]4C[C@H]([C@H]5C(=O)N(c6ccccc6)C(=O)[C@H]45)[C@H]23)cc1OC. The molecule has 7 nitrogen and oxygen atoms in total. The number of rotatable bonds is 4. The van der Waals surface area contributed by atoms with Crippen LogP contribution in [0, 0.1) is 29.6 Å². The highest BCUT2D eigenvalue weighted by molar-refractivity contribution is 8.00. The van der Waals surface area contributed by atoms with E-state index in [1.807, 2.05) is 48.5 Å². The second-order valence-corrected chi connectivity index (χ2v) is 12.1. The van der Waals surface area contributed by atoms with Crippen LogP contribution in [0.25, 0.3) is 0 Å². The summed E-state index contributed by atoms with van der Waals surface area (Å²) in [6, 6.07) is 15.2. The summed E-state index contributed by atoms with van der Waals surface area (Å²) in [4.78, 5) is 45.2. The fraction of sp³-hybridized carbons (Fsp3) is 0.370. The van der Waals surface area contributed by atoms with E-state index in [0.717, 1.165) is 21.9 Å². The summed E-state index contributed by atoms with van der Waals surface area (Å²) in [5, 5.41) is 1.05. The third-order valence-corrected chi connectivity index (χ3v) is 11.1. The van der Waals surface area contributed by atoms with E-state index in [1.165, 1.54) is 16.2 Å². The van der Waals surface area contributed by atoms with E-state index < -0.39 is 0 Å². The molecule has 0 unspecified atom stereocenters. The molecule has 3 fully saturated rings. The third kappa shape index (κ3) is 2.90. The maximum atomic E-state index is 13.7. The smallest absolute Gasteiger partial charge is 0.305 e. The van der Waals surface area contributed by atoms with Crippen molar-refractivity contribution in [2.24, 2.45) is 29.6 Å². The predicted molar refractivity (Wildman–Crippen MR) is 137 cm³/mol. The zero-order valence-corrected chi connectivity index (χ0v) is 21.3. The van der Waals surface area contributed by atoms with Crippen LogP contribution in [-0.4, -0.2) is 36.3 Å². The first-order valence-corrected chi connectivity index (χ1v) is 13.8. The Morgan fingerprint density at radius 2 is 1.64 bits per heavy atom. The number of para-hydroxylation sites is 1. The lowest BCUT2D eigenvalue weighted by atomic mass is 9.68. The molecular formula is C27H24N2O5S2. The number of aromatic amines is 1. The Kier molecular flexibility index (Phi) is 4.92. The number of H-pyrrole nitrogens is 1. The van der Waals surface area contributed by atoms with Gasteiger partial charge in [0.05, 0.1) is 36.8 Å². The molecule has 1 aromatic heterocycles. The maximum absolute atomic E-state index is 13.7. The minimum atomic E-state index is -0.315. The number of ether oxygens (including phenoxy) is 2. The van der Waals surface area contributed by atoms with Gasteiger partial charge < -0.3 is 14.5 Å². The minimum Gasteiger partial charge on any atom is -0.493 e. The molecule has 7 atom stereocenters. The zero-order chi connectivity index (χ0) is 24.7. The summed E-state index contributed by atoms with van der Waals surface area (Å²) < 4.78 is 11.1. The number of benzene rings is 2. The van der Waals surface area contributed by atoms with E-state index >= 15 is 0 Å². The molecular weight excluding hydrogens is 496 g/mol. The topological polar surface area (TPSA) is 88.7 Å². The normalized spacial score (nSPS) is 31.8. The average molecular weight is 521 g/mol. The monoisotopic (exact) mass is 520 g/mol. The molecule has 9 heteroatoms. The molecule has 7 rings (SSSR count). The van der Waals surface area contributed by atoms with Gasteiger partial charge in [0, 0.05) is 16.0 Å². The Balaban J connectivity index is 1.34. The number of hydrogen-bond acceptors (Lipinski definition) is 7. The van der Waals surface area contributed by atoms with Crippen LogP contribution in [-0.2, 0) is 9.59 Å². The Labute approximate surface area is 215 Å². The number of thiazole rings is 1. The number of nitrogens with one attached hydrogen (secondary N) is 1. The highest BCUT2D eigenvalue weighted by atomic mass is 32.2. The molecule has 184 valence electrons. The van der Waals surface area contributed by atoms with E-state index in [-0.39, 0.29) is 57.4 Å². The summed E-state index contributed by atoms with van der Waals surface area (Å²) in [6.07, 6.45) is 0.862. The molecule has 3 heterocycles. The van der Waals surface area contributed by atoms with Crippen molar-refractivity contribution in [3.63, 3.8) is 0 Å². The fourth-order valence-electron chi connectivity index (χ4n) is 7.27. The molecule has 1 N–H and O–H groups in total. The Hall–Kier alpha value is -3.04. The lowest BCUT2D eigenvalue weighted by Crippen LogP contribution is -2.42. The number of fused-ring (bicyclic) bond motifs is 9. The number of methoxy groups -OCH3 is 2. The lowest BCUT2D eigenvalue weighted by molar-refractivity contribution is -0.123. The van der Waals surface area contributed by atoms with Gasteiger partial charge in [0.15, 0.2) is 11.5 Å². The highest BCUT2D eigenvalue weighted by Crippen LogP contribution is 2.68. The first-order valence-electron chi connectivity index (χ1n) is 12.1. The minimum absolute atomic E-state index is 0.0559. The van der Waals surface area contributed by atoms with Crippen molar-refractivity contribution in [2.45, 2.75) is 22.6 Å². The Bertz CT molecular complexity index is 1450. The van der Waals surface area contributed by atoms with E-state index in [2.05, 4.69) is 4.98 Å². The van der Waals surface area contributed by atoms with Gasteiger partial charge in [0.25, 0.3) is 0 Å². The standard InChI is InChI=1S/C27H24N2O5S2/c1-33-16-9-8-12(10-17(16)34-2)18-19-14-11-15(22(19)35-24-23(18)36-27(32)28-24)21-20(14)25(30)29(26(21)31)13-6-4-3-5-7-13/h3-10,14-15,18-22H,11H2,1-2H3,(H,28,32)/t14-,15+,18-,19+,20+,21+,22-/m0/s1. The van der Waals surface area contributed by atoms with Gasteiger partial charge in [0.2, 0.25) is 11.8 Å². The Morgan fingerprint density at radius 1 is 0.917 bits per heavy atom. The van der Waals surface area contributed by atoms with Gasteiger partial charge in [-0.3, -0.25) is 19.3 Å². The first-order chi connectivity index (χ1) is 17.5. The molecule has 2 aliphatic heterocycles. The molecule has 3 aromatic rings. The number of carbonyl (C=O) groups is 2. The van der Waals surface area contributed by atoms with Crippen LogP contribution >= 0.6 is 23.1 Å². The summed E-state index contributed by atoms with van der Waals surface area (Å²) in [5.74, 6) is 0.780. The van der Waals surface area contributed by atoms with Crippen LogP contribution in [0.3, 0.4) is 0 Å². The number of amides is 2. The summed E-state index contributed by atoms with van der Waals surface area (Å²) in [6.45, 7) is 0. The quantitative estimate of drug-likeness (QED) is 0.521. The van der Waals surface area contributed by atoms with Gasteiger partial charge in [-0.25, -0.2) is 0 Å². The number of aromatic nitrogens is 1. The van der Waals surface area contributed by atoms with E-state index in [9.17, 15) is 14.4 Å². The number of nitrogens with zero attached hydrogens (tertiary/aromatic N) is 1. The van der Waals surface area contributed by atoms with Crippen LogP contribution in [0.4, 0.5) is 5.69 Å². The maximum Gasteiger partial charge on any atom is 0.305 e. The van der Waals surface area contributed by atoms with Crippen molar-refractivity contribution < 1.29 is 19.1 Å². The van der Waals surface area contributed by atoms with Crippen LogP contribution in [0.2, 0.25) is 0 Å². The summed E-state index contributed by atoms with van der Waals surface area (Å²) >= 11 is 2.94. The van der Waals surface area contributed by atoms with Gasteiger partial charge in [-0.1, -0.05) is 35.6 Å². The van der Waals surface area contributed by atoms with Crippen LogP contribution < -0.4 is 19.2 Å². The van der Waals surface area contributed by atoms with Crippen LogP contribution in [0.1, 0.15) is 22.8 Å². The summed E-state index contributed by atoms with van der Waals surface area (Å²) in [7, 11) is 3.22. The molecule has 36 heavy (non-hydrogen) atoms. The first kappa shape index (κ1) is 22.2. The molecule has 2 aromatic carbocycles. The second kappa shape index (κ2) is 7.98. The van der Waals surface area contributed by atoms with Crippen molar-refractivity contribution in [2.75, 3.05) is 19.1 Å². The van der Waals surface area contributed by atoms with Crippen molar-refractivity contribution in [3.8, 4) is 11.5 Å². The number of anilines is 1. The van der Waals surface area contributed by atoms with Gasteiger partial charge in [-0.05, 0) is 54.0 Å². The number of hydrogen-bond donors (Lipinski definition) is 1. The van der Waals surface area contributed by atoms with Crippen molar-refractivity contribution in [1.82, 2.24) is 4.98 Å². The second-order valence-electron chi connectivity index (χ2n) is 9.92. The molecule has 2 amide bonds. The molecule has 2 saturated carbocycles. The largest absolute Gasteiger partial charge is 0.493 e. The summed E-state index contributed by atoms with van der Waals surface area (Å²) in [5.41, 5.74) is 1.69. The van der Waals surface area contributed by atoms with Crippen LogP contribution in [0.5, 0.6) is 11.5 Å². The predicted octanol–water partition coefficient (Wildman–Crippen LogP) is 4.13. The number of imide groups is 1. The lowest BCUT2D eigenvalue weighted by Gasteiger charge is -2.43. The fourth-order valence-corrected chi connectivity index (χ4v) is 10.2. The third-order valence-electron chi connectivity index (χ3n) is 8.51. The van der Waals surface area contributed by atoms with Gasteiger partial charge in [-0.2, -0.15) is 0 Å². The molecule has 0 spiro atoms. The van der Waals surface area contributed by atoms with Crippen molar-refractivity contribution in [3.05, 3.63) is 68.6 Å². The average Bonchev–Trinajstić information content (AvgIpc) is 3.62. The van der Waals surface area contributed by atoms with Crippen LogP contribution in [0.15, 0.2) is 58.4 Å². The Morgan fingerprint density at radius 3 is 2.36 bits per heavy atom. The van der Waals surface area contributed by atoms with Crippen molar-refractivity contribution in [1.29, 1.82) is 0 Å². The van der Waals surface area contributed by atoms with Gasteiger partial charge in [-0.15, -0.1) is 11.8 Å². The van der Waals surface area contributed by atoms with Gasteiger partial charge in [0.1, 0.15) is 0 Å². The molecule has 4 aliphatic rings. The molecule has 0 radical (unpaired) electrons. The molecule has 2 aliphatic carbocycles. The van der Waals surface area contributed by atoms with E-state index in [0.29, 0.717) is 17.2 Å². The number of thioether (sulfide) groups is 1. The molecule has 1 saturated heterocycles. The zero-order valence-electron chi connectivity index (χ0n) is 19.7.